The summed E-state index contributed by atoms with van der Waals surface area (Å²) in [4.78, 5) is 12.6. The molecule has 156 valence electrons. The van der Waals surface area contributed by atoms with E-state index in [2.05, 4.69) is 5.32 Å². The molecule has 1 saturated heterocycles. The third-order valence-corrected chi connectivity index (χ3v) is 6.95. The maximum absolute atomic E-state index is 12.7. The fraction of sp³-hybridized carbons (Fsp3) is 0.381. The van der Waals surface area contributed by atoms with E-state index in [1.165, 1.54) is 4.31 Å². The van der Waals surface area contributed by atoms with Crippen molar-refractivity contribution in [2.75, 3.05) is 25.0 Å². The molecule has 0 aliphatic carbocycles. The van der Waals surface area contributed by atoms with Crippen LogP contribution in [0, 0.1) is 5.92 Å². The van der Waals surface area contributed by atoms with E-state index in [4.69, 9.17) is 16.3 Å². The van der Waals surface area contributed by atoms with Crippen molar-refractivity contribution >= 4 is 33.2 Å². The summed E-state index contributed by atoms with van der Waals surface area (Å²) >= 11 is 5.95. The molecule has 0 spiro atoms. The molecule has 3 rings (SSSR count). The lowest BCUT2D eigenvalue weighted by Gasteiger charge is -2.30. The molecule has 0 aromatic heterocycles. The highest BCUT2D eigenvalue weighted by Gasteiger charge is 2.31. The minimum Gasteiger partial charge on any atom is -0.494 e. The number of anilines is 1. The second-order valence-electron chi connectivity index (χ2n) is 7.01. The molecule has 1 aliphatic rings. The maximum atomic E-state index is 12.7. The smallest absolute Gasteiger partial charge is 0.227 e. The number of carbonyl (C=O) groups excluding carboxylic acids is 1. The first kappa shape index (κ1) is 21.6. The largest absolute Gasteiger partial charge is 0.494 e. The first-order valence-electron chi connectivity index (χ1n) is 9.63. The van der Waals surface area contributed by atoms with Crippen LogP contribution in [0.2, 0.25) is 5.02 Å². The SMILES string of the molecule is CCOc1cccc(NC(=O)C2CCN(S(=O)(=O)Cc3cccc(Cl)c3)CC2)c1. The summed E-state index contributed by atoms with van der Waals surface area (Å²) in [5, 5.41) is 3.42. The first-order chi connectivity index (χ1) is 13.9. The molecule has 1 amide bonds. The number of rotatable bonds is 7. The number of carbonyl (C=O) groups is 1. The van der Waals surface area contributed by atoms with Crippen LogP contribution in [0.3, 0.4) is 0 Å². The molecule has 0 radical (unpaired) electrons. The Morgan fingerprint density at radius 3 is 2.59 bits per heavy atom. The van der Waals surface area contributed by atoms with Gasteiger partial charge in [-0.2, -0.15) is 0 Å². The van der Waals surface area contributed by atoms with Crippen LogP contribution in [0.25, 0.3) is 0 Å². The van der Waals surface area contributed by atoms with E-state index in [9.17, 15) is 13.2 Å². The fourth-order valence-corrected chi connectivity index (χ4v) is 5.16. The van der Waals surface area contributed by atoms with Gasteiger partial charge in [0.05, 0.1) is 12.4 Å². The van der Waals surface area contributed by atoms with Crippen molar-refractivity contribution in [2.24, 2.45) is 5.92 Å². The van der Waals surface area contributed by atoms with E-state index in [-0.39, 0.29) is 17.6 Å². The molecule has 1 aliphatic heterocycles. The van der Waals surface area contributed by atoms with Crippen LogP contribution in [-0.4, -0.2) is 38.3 Å². The van der Waals surface area contributed by atoms with Crippen molar-refractivity contribution in [1.29, 1.82) is 0 Å². The van der Waals surface area contributed by atoms with Gasteiger partial charge in [0.1, 0.15) is 5.75 Å². The summed E-state index contributed by atoms with van der Waals surface area (Å²) < 4.78 is 32.3. The Morgan fingerprint density at radius 1 is 1.17 bits per heavy atom. The lowest BCUT2D eigenvalue weighted by atomic mass is 9.97. The monoisotopic (exact) mass is 436 g/mol. The third-order valence-electron chi connectivity index (χ3n) is 4.87. The molecule has 2 aromatic carbocycles. The third kappa shape index (κ3) is 5.95. The number of amides is 1. The van der Waals surface area contributed by atoms with E-state index >= 15 is 0 Å². The Balaban J connectivity index is 1.55. The molecule has 6 nitrogen and oxygen atoms in total. The Kier molecular flexibility index (Phi) is 7.16. The molecule has 1 heterocycles. The Hall–Kier alpha value is -2.09. The normalized spacial score (nSPS) is 15.8. The van der Waals surface area contributed by atoms with Crippen LogP contribution in [0.4, 0.5) is 5.69 Å². The molecule has 2 aromatic rings. The molecule has 1 fully saturated rings. The van der Waals surface area contributed by atoms with Gasteiger partial charge in [0.25, 0.3) is 0 Å². The lowest BCUT2D eigenvalue weighted by Crippen LogP contribution is -2.41. The number of nitrogens with one attached hydrogen (secondary N) is 1. The lowest BCUT2D eigenvalue weighted by molar-refractivity contribution is -0.120. The van der Waals surface area contributed by atoms with Crippen molar-refractivity contribution in [3.05, 3.63) is 59.1 Å². The second kappa shape index (κ2) is 9.61. The molecule has 0 bridgehead atoms. The van der Waals surface area contributed by atoms with E-state index in [1.54, 1.807) is 30.3 Å². The highest BCUT2D eigenvalue weighted by Crippen LogP contribution is 2.25. The van der Waals surface area contributed by atoms with Gasteiger partial charge in [-0.15, -0.1) is 0 Å². The van der Waals surface area contributed by atoms with Crippen LogP contribution in [0.5, 0.6) is 5.75 Å². The van der Waals surface area contributed by atoms with Crippen LogP contribution in [0.1, 0.15) is 25.3 Å². The summed E-state index contributed by atoms with van der Waals surface area (Å²) in [6.45, 7) is 3.12. The highest BCUT2D eigenvalue weighted by molar-refractivity contribution is 7.88. The number of piperidine rings is 1. The number of nitrogens with zero attached hydrogens (tertiary/aromatic N) is 1. The van der Waals surface area contributed by atoms with Gasteiger partial charge in [-0.3, -0.25) is 4.79 Å². The van der Waals surface area contributed by atoms with Crippen molar-refractivity contribution < 1.29 is 17.9 Å². The molecule has 29 heavy (non-hydrogen) atoms. The number of hydrogen-bond acceptors (Lipinski definition) is 4. The fourth-order valence-electron chi connectivity index (χ4n) is 3.40. The predicted molar refractivity (Wildman–Crippen MR) is 115 cm³/mol. The summed E-state index contributed by atoms with van der Waals surface area (Å²) in [6, 6.07) is 14.1. The van der Waals surface area contributed by atoms with Gasteiger partial charge in [-0.05, 0) is 49.6 Å². The minimum atomic E-state index is -3.45. The van der Waals surface area contributed by atoms with Crippen molar-refractivity contribution in [3.8, 4) is 5.75 Å². The van der Waals surface area contributed by atoms with Gasteiger partial charge in [-0.25, -0.2) is 12.7 Å². The summed E-state index contributed by atoms with van der Waals surface area (Å²) in [6.07, 6.45) is 0.984. The quantitative estimate of drug-likeness (QED) is 0.713. The van der Waals surface area contributed by atoms with Gasteiger partial charge in [-0.1, -0.05) is 29.8 Å². The molecule has 0 unspecified atom stereocenters. The molecule has 8 heteroatoms. The van der Waals surface area contributed by atoms with Crippen molar-refractivity contribution in [3.63, 3.8) is 0 Å². The van der Waals surface area contributed by atoms with Crippen LogP contribution >= 0.6 is 11.6 Å². The molecule has 0 atom stereocenters. The van der Waals surface area contributed by atoms with Gasteiger partial charge < -0.3 is 10.1 Å². The topological polar surface area (TPSA) is 75.7 Å². The summed E-state index contributed by atoms with van der Waals surface area (Å²) in [5.74, 6) is 0.301. The zero-order chi connectivity index (χ0) is 20.9. The number of hydrogen-bond donors (Lipinski definition) is 1. The number of sulfonamides is 1. The zero-order valence-electron chi connectivity index (χ0n) is 16.3. The van der Waals surface area contributed by atoms with E-state index < -0.39 is 10.0 Å². The van der Waals surface area contributed by atoms with Crippen LogP contribution < -0.4 is 10.1 Å². The highest BCUT2D eigenvalue weighted by atomic mass is 35.5. The van der Waals surface area contributed by atoms with E-state index in [0.29, 0.717) is 54.6 Å². The van der Waals surface area contributed by atoms with Crippen LogP contribution in [-0.2, 0) is 20.6 Å². The number of ether oxygens (including phenoxy) is 1. The maximum Gasteiger partial charge on any atom is 0.227 e. The van der Waals surface area contributed by atoms with E-state index in [1.807, 2.05) is 25.1 Å². The van der Waals surface area contributed by atoms with Crippen molar-refractivity contribution in [1.82, 2.24) is 4.31 Å². The summed E-state index contributed by atoms with van der Waals surface area (Å²) in [5.41, 5.74) is 1.34. The van der Waals surface area contributed by atoms with Crippen LogP contribution in [0.15, 0.2) is 48.5 Å². The molecular weight excluding hydrogens is 412 g/mol. The Morgan fingerprint density at radius 2 is 1.90 bits per heavy atom. The van der Waals surface area contributed by atoms with Gasteiger partial charge in [0, 0.05) is 35.8 Å². The molecule has 0 saturated carbocycles. The average Bonchev–Trinajstić information content (AvgIpc) is 2.68. The predicted octanol–water partition coefficient (Wildman–Crippen LogP) is 3.92. The van der Waals surface area contributed by atoms with Crippen molar-refractivity contribution in [2.45, 2.75) is 25.5 Å². The molecule has 1 N–H and O–H groups in total. The van der Waals surface area contributed by atoms with E-state index in [0.717, 1.165) is 0 Å². The minimum absolute atomic E-state index is 0.0886. The summed E-state index contributed by atoms with van der Waals surface area (Å²) in [7, 11) is -3.45. The Labute approximate surface area is 176 Å². The zero-order valence-corrected chi connectivity index (χ0v) is 17.9. The average molecular weight is 437 g/mol. The second-order valence-corrected chi connectivity index (χ2v) is 9.41. The standard InChI is InChI=1S/C21H25ClN2O4S/c1-2-28-20-8-4-7-19(14-20)23-21(25)17-9-11-24(12-10-17)29(26,27)15-16-5-3-6-18(22)13-16/h3-8,13-14,17H,2,9-12,15H2,1H3,(H,23,25). The van der Waals surface area contributed by atoms with Gasteiger partial charge in [0.15, 0.2) is 0 Å². The number of benzene rings is 2. The van der Waals surface area contributed by atoms with Gasteiger partial charge >= 0.3 is 0 Å². The van der Waals surface area contributed by atoms with Gasteiger partial charge in [0.2, 0.25) is 15.9 Å². The molecular formula is C21H25ClN2O4S. The first-order valence-corrected chi connectivity index (χ1v) is 11.6. The number of halogens is 1. The Bertz CT molecular complexity index is 957.